The summed E-state index contributed by atoms with van der Waals surface area (Å²) >= 11 is 0. The summed E-state index contributed by atoms with van der Waals surface area (Å²) in [6.45, 7) is 2.16. The zero-order valence-corrected chi connectivity index (χ0v) is 17.9. The van der Waals surface area contributed by atoms with Gasteiger partial charge in [0.25, 0.3) is 0 Å². The predicted molar refractivity (Wildman–Crippen MR) is 134 cm³/mol. The largest absolute Gasteiger partial charge is 0.309 e. The maximum atomic E-state index is 4.89. The molecular formula is C30H22N2. The van der Waals surface area contributed by atoms with Crippen LogP contribution in [0, 0.1) is 6.92 Å². The van der Waals surface area contributed by atoms with Crippen LogP contribution in [0.4, 0.5) is 0 Å². The lowest BCUT2D eigenvalue weighted by Gasteiger charge is -2.11. The van der Waals surface area contributed by atoms with Crippen LogP contribution in [-0.2, 0) is 0 Å². The quantitative estimate of drug-likeness (QED) is 0.291. The predicted octanol–water partition coefficient (Wildman–Crippen LogP) is 7.82. The number of rotatable bonds is 3. The molecule has 0 aliphatic heterocycles. The van der Waals surface area contributed by atoms with Crippen molar-refractivity contribution in [1.29, 1.82) is 0 Å². The first kappa shape index (κ1) is 18.6. The first-order chi connectivity index (χ1) is 15.8. The number of aryl methyl sites for hydroxylation is 1. The minimum atomic E-state index is 0.981. The number of hydrogen-bond acceptors (Lipinski definition) is 1. The van der Waals surface area contributed by atoms with Gasteiger partial charge in [-0.25, -0.2) is 0 Å². The Hall–Kier alpha value is -4.17. The van der Waals surface area contributed by atoms with Crippen molar-refractivity contribution >= 4 is 21.8 Å². The Kier molecular flexibility index (Phi) is 4.36. The van der Waals surface area contributed by atoms with E-state index in [-0.39, 0.29) is 0 Å². The number of aromatic nitrogens is 2. The molecule has 152 valence electrons. The third kappa shape index (κ3) is 3.00. The number of para-hydroxylation sites is 2. The molecule has 2 nitrogen and oxygen atoms in total. The molecule has 2 heterocycles. The Labute approximate surface area is 187 Å². The molecule has 0 amide bonds. The van der Waals surface area contributed by atoms with E-state index in [0.29, 0.717) is 0 Å². The fourth-order valence-corrected chi connectivity index (χ4v) is 4.59. The molecule has 4 aromatic carbocycles. The van der Waals surface area contributed by atoms with Crippen molar-refractivity contribution in [3.05, 3.63) is 121 Å². The van der Waals surface area contributed by atoms with Crippen LogP contribution in [0.5, 0.6) is 0 Å². The number of fused-ring (bicyclic) bond motifs is 3. The molecule has 0 atom stereocenters. The summed E-state index contributed by atoms with van der Waals surface area (Å²) in [6, 6.07) is 38.5. The van der Waals surface area contributed by atoms with Crippen LogP contribution < -0.4 is 0 Å². The highest BCUT2D eigenvalue weighted by Crippen LogP contribution is 2.35. The van der Waals surface area contributed by atoms with Gasteiger partial charge in [0, 0.05) is 28.2 Å². The van der Waals surface area contributed by atoms with E-state index in [1.165, 1.54) is 38.5 Å². The van der Waals surface area contributed by atoms with Gasteiger partial charge in [0.15, 0.2) is 0 Å². The fraction of sp³-hybridized carbons (Fsp3) is 0.0333. The van der Waals surface area contributed by atoms with Crippen molar-refractivity contribution in [2.45, 2.75) is 6.92 Å². The van der Waals surface area contributed by atoms with Crippen LogP contribution in [0.3, 0.4) is 0 Å². The van der Waals surface area contributed by atoms with Crippen LogP contribution in [0.15, 0.2) is 115 Å². The molecule has 0 radical (unpaired) electrons. The second kappa shape index (κ2) is 7.51. The van der Waals surface area contributed by atoms with Crippen LogP contribution in [-0.4, -0.2) is 9.55 Å². The molecule has 0 N–H and O–H groups in total. The first-order valence-corrected chi connectivity index (χ1v) is 10.9. The van der Waals surface area contributed by atoms with Gasteiger partial charge >= 0.3 is 0 Å². The van der Waals surface area contributed by atoms with E-state index in [4.69, 9.17) is 4.98 Å². The molecule has 32 heavy (non-hydrogen) atoms. The van der Waals surface area contributed by atoms with E-state index in [0.717, 1.165) is 16.9 Å². The lowest BCUT2D eigenvalue weighted by atomic mass is 9.97. The summed E-state index contributed by atoms with van der Waals surface area (Å²) in [4.78, 5) is 4.89. The lowest BCUT2D eigenvalue weighted by Crippen LogP contribution is -1.94. The standard InChI is InChI=1S/C30H22N2/c1-21-16-17-23(18-26(21)22-10-4-2-5-11-22)28-19-30-27(20-31-28)25-14-8-9-15-29(25)32(30)24-12-6-3-7-13-24/h2-20H,1H3. The highest BCUT2D eigenvalue weighted by atomic mass is 15.0. The van der Waals surface area contributed by atoms with E-state index in [9.17, 15) is 0 Å². The van der Waals surface area contributed by atoms with Gasteiger partial charge in [0.1, 0.15) is 0 Å². The minimum Gasteiger partial charge on any atom is -0.309 e. The van der Waals surface area contributed by atoms with E-state index in [1.54, 1.807) is 0 Å². The molecule has 0 saturated carbocycles. The highest BCUT2D eigenvalue weighted by molar-refractivity contribution is 6.09. The van der Waals surface area contributed by atoms with E-state index in [1.807, 2.05) is 6.20 Å². The maximum Gasteiger partial charge on any atom is 0.0723 e. The van der Waals surface area contributed by atoms with Crippen molar-refractivity contribution < 1.29 is 0 Å². The zero-order chi connectivity index (χ0) is 21.5. The zero-order valence-electron chi connectivity index (χ0n) is 17.9. The van der Waals surface area contributed by atoms with Crippen LogP contribution in [0.25, 0.3) is 49.9 Å². The summed E-state index contributed by atoms with van der Waals surface area (Å²) in [6.07, 6.45) is 2.02. The van der Waals surface area contributed by atoms with Crippen LogP contribution in [0.2, 0.25) is 0 Å². The average molecular weight is 411 g/mol. The summed E-state index contributed by atoms with van der Waals surface area (Å²) in [7, 11) is 0. The third-order valence-electron chi connectivity index (χ3n) is 6.19. The van der Waals surface area contributed by atoms with E-state index >= 15 is 0 Å². The van der Waals surface area contributed by atoms with Crippen molar-refractivity contribution in [2.75, 3.05) is 0 Å². The topological polar surface area (TPSA) is 17.8 Å². The molecule has 0 aliphatic rings. The monoisotopic (exact) mass is 410 g/mol. The van der Waals surface area contributed by atoms with Gasteiger partial charge in [-0.3, -0.25) is 4.98 Å². The normalized spacial score (nSPS) is 11.3. The molecule has 0 bridgehead atoms. The molecule has 0 saturated heterocycles. The number of nitrogens with zero attached hydrogens (tertiary/aromatic N) is 2. The van der Waals surface area contributed by atoms with Crippen molar-refractivity contribution in [2.24, 2.45) is 0 Å². The molecule has 2 heteroatoms. The van der Waals surface area contributed by atoms with Gasteiger partial charge in [-0.1, -0.05) is 78.9 Å². The van der Waals surface area contributed by atoms with Gasteiger partial charge in [-0.05, 0) is 53.9 Å². The average Bonchev–Trinajstić information content (AvgIpc) is 3.19. The van der Waals surface area contributed by atoms with Crippen molar-refractivity contribution in [1.82, 2.24) is 9.55 Å². The first-order valence-electron chi connectivity index (χ1n) is 10.9. The fourth-order valence-electron chi connectivity index (χ4n) is 4.59. The van der Waals surface area contributed by atoms with Gasteiger partial charge in [0.05, 0.1) is 16.7 Å². The van der Waals surface area contributed by atoms with E-state index in [2.05, 4.69) is 121 Å². The van der Waals surface area contributed by atoms with Crippen LogP contribution >= 0.6 is 0 Å². The SMILES string of the molecule is Cc1ccc(-c2cc3c(cn2)c2ccccc2n3-c2ccccc2)cc1-c1ccccc1. The highest BCUT2D eigenvalue weighted by Gasteiger charge is 2.14. The lowest BCUT2D eigenvalue weighted by molar-refractivity contribution is 1.17. The van der Waals surface area contributed by atoms with E-state index < -0.39 is 0 Å². The number of hydrogen-bond donors (Lipinski definition) is 0. The van der Waals surface area contributed by atoms with Gasteiger partial charge in [-0.2, -0.15) is 0 Å². The molecule has 0 unspecified atom stereocenters. The smallest absolute Gasteiger partial charge is 0.0723 e. The van der Waals surface area contributed by atoms with Gasteiger partial charge < -0.3 is 4.57 Å². The number of benzene rings is 4. The third-order valence-corrected chi connectivity index (χ3v) is 6.19. The molecule has 0 aliphatic carbocycles. The summed E-state index contributed by atoms with van der Waals surface area (Å²) < 4.78 is 2.34. The maximum absolute atomic E-state index is 4.89. The van der Waals surface area contributed by atoms with Crippen LogP contribution in [0.1, 0.15) is 5.56 Å². The Morgan fingerprint density at radius 1 is 0.594 bits per heavy atom. The Morgan fingerprint density at radius 3 is 2.12 bits per heavy atom. The summed E-state index contributed by atoms with van der Waals surface area (Å²) in [5.74, 6) is 0. The van der Waals surface area contributed by atoms with Crippen molar-refractivity contribution in [3.8, 4) is 28.1 Å². The molecule has 6 rings (SSSR count). The Balaban J connectivity index is 1.59. The number of pyridine rings is 1. The Morgan fingerprint density at radius 2 is 1.31 bits per heavy atom. The molecule has 6 aromatic rings. The van der Waals surface area contributed by atoms with Crippen molar-refractivity contribution in [3.63, 3.8) is 0 Å². The van der Waals surface area contributed by atoms with Gasteiger partial charge in [0.2, 0.25) is 0 Å². The molecule has 0 fully saturated rings. The minimum absolute atomic E-state index is 0.981. The second-order valence-electron chi connectivity index (χ2n) is 8.17. The second-order valence-corrected chi connectivity index (χ2v) is 8.17. The molecule has 2 aromatic heterocycles. The van der Waals surface area contributed by atoms with Gasteiger partial charge in [-0.15, -0.1) is 0 Å². The molecular weight excluding hydrogens is 388 g/mol. The molecule has 0 spiro atoms. The Bertz CT molecular complexity index is 1560. The summed E-state index contributed by atoms with van der Waals surface area (Å²) in [5.41, 5.74) is 9.37. The summed E-state index contributed by atoms with van der Waals surface area (Å²) in [5, 5.41) is 2.39.